The van der Waals surface area contributed by atoms with Crippen molar-refractivity contribution in [3.05, 3.63) is 132 Å². The molecule has 236 valence electrons. The van der Waals surface area contributed by atoms with Crippen LogP contribution in [0.3, 0.4) is 0 Å². The van der Waals surface area contributed by atoms with Gasteiger partial charge < -0.3 is 4.74 Å². The van der Waals surface area contributed by atoms with E-state index in [4.69, 9.17) is 4.74 Å². The second-order valence-electron chi connectivity index (χ2n) is 10.9. The highest BCUT2D eigenvalue weighted by molar-refractivity contribution is 6.09. The molecule has 47 heavy (non-hydrogen) atoms. The standard InChI is InChI=1S/C35H21F7N4O/c1-20-13-28(34(37,38)39)33(29(14-20)35(40,41)42)21-18-44-45(19-21)23-5-4-6-24(16-23)47-25-9-10-27-26-7-2-3-8-30(26)46(31(27)17-25)32-15-22(36)11-12-43-32/h2-19H,1H3. The van der Waals surface area contributed by atoms with E-state index in [0.717, 1.165) is 28.7 Å². The third-order valence-corrected chi connectivity index (χ3v) is 7.66. The van der Waals surface area contributed by atoms with Crippen molar-refractivity contribution >= 4 is 21.8 Å². The summed E-state index contributed by atoms with van der Waals surface area (Å²) in [5.41, 5.74) is -2.46. The van der Waals surface area contributed by atoms with Crippen molar-refractivity contribution in [1.29, 1.82) is 0 Å². The Morgan fingerprint density at radius 2 is 1.40 bits per heavy atom. The van der Waals surface area contributed by atoms with E-state index in [1.807, 2.05) is 34.9 Å². The van der Waals surface area contributed by atoms with E-state index in [1.54, 1.807) is 36.4 Å². The molecular weight excluding hydrogens is 625 g/mol. The number of aromatic nitrogens is 4. The summed E-state index contributed by atoms with van der Waals surface area (Å²) < 4.78 is 107. The molecule has 0 unspecified atom stereocenters. The van der Waals surface area contributed by atoms with Gasteiger partial charge in [-0.05, 0) is 61.0 Å². The summed E-state index contributed by atoms with van der Waals surface area (Å²) in [5.74, 6) is 0.674. The Balaban J connectivity index is 1.26. The minimum atomic E-state index is -5.03. The van der Waals surface area contributed by atoms with Crippen LogP contribution in [0.15, 0.2) is 110 Å². The Morgan fingerprint density at radius 3 is 2.13 bits per heavy atom. The first-order chi connectivity index (χ1) is 22.4. The van der Waals surface area contributed by atoms with Crippen molar-refractivity contribution < 1.29 is 35.5 Å². The average molecular weight is 647 g/mol. The second kappa shape index (κ2) is 11.0. The van der Waals surface area contributed by atoms with Crippen LogP contribution in [0.4, 0.5) is 30.7 Å². The number of hydrogen-bond acceptors (Lipinski definition) is 3. The number of rotatable bonds is 5. The molecule has 0 spiro atoms. The molecule has 0 fully saturated rings. The fraction of sp³-hybridized carbons (Fsp3) is 0.0857. The Labute approximate surface area is 262 Å². The van der Waals surface area contributed by atoms with E-state index in [9.17, 15) is 30.7 Å². The van der Waals surface area contributed by atoms with Gasteiger partial charge in [-0.1, -0.05) is 24.3 Å². The van der Waals surface area contributed by atoms with Crippen molar-refractivity contribution in [1.82, 2.24) is 19.3 Å². The van der Waals surface area contributed by atoms with Gasteiger partial charge in [0.05, 0.1) is 34.0 Å². The van der Waals surface area contributed by atoms with Crippen molar-refractivity contribution in [3.63, 3.8) is 0 Å². The van der Waals surface area contributed by atoms with E-state index in [2.05, 4.69) is 10.1 Å². The molecule has 0 aliphatic heterocycles. The monoisotopic (exact) mass is 646 g/mol. The molecule has 3 aromatic heterocycles. The summed E-state index contributed by atoms with van der Waals surface area (Å²) in [6.45, 7) is 1.18. The predicted octanol–water partition coefficient (Wildman–Crippen LogP) is 10.3. The van der Waals surface area contributed by atoms with Crippen molar-refractivity contribution in [2.75, 3.05) is 0 Å². The normalized spacial score (nSPS) is 12.3. The summed E-state index contributed by atoms with van der Waals surface area (Å²) >= 11 is 0. The molecule has 4 aromatic carbocycles. The summed E-state index contributed by atoms with van der Waals surface area (Å²) in [4.78, 5) is 4.35. The maximum atomic E-state index is 14.2. The number of fused-ring (bicyclic) bond motifs is 3. The molecule has 12 heteroatoms. The van der Waals surface area contributed by atoms with E-state index in [-0.39, 0.29) is 11.1 Å². The molecule has 3 heterocycles. The number of nitrogens with zero attached hydrogens (tertiary/aromatic N) is 4. The zero-order valence-corrected chi connectivity index (χ0v) is 24.2. The van der Waals surface area contributed by atoms with E-state index in [0.29, 0.717) is 40.7 Å². The van der Waals surface area contributed by atoms with Crippen LogP contribution < -0.4 is 4.74 Å². The lowest BCUT2D eigenvalue weighted by molar-refractivity contribution is -0.142. The quantitative estimate of drug-likeness (QED) is 0.175. The van der Waals surface area contributed by atoms with Crippen LogP contribution in [0, 0.1) is 12.7 Å². The Morgan fingerprint density at radius 1 is 0.702 bits per heavy atom. The van der Waals surface area contributed by atoms with Crippen molar-refractivity contribution in [2.24, 2.45) is 0 Å². The highest BCUT2D eigenvalue weighted by Crippen LogP contribution is 2.45. The molecule has 0 aliphatic rings. The smallest absolute Gasteiger partial charge is 0.417 e. The first kappa shape index (κ1) is 30.0. The van der Waals surface area contributed by atoms with E-state index in [1.165, 1.54) is 29.9 Å². The lowest BCUT2D eigenvalue weighted by atomic mass is 9.93. The molecule has 0 amide bonds. The van der Waals surface area contributed by atoms with Crippen LogP contribution in [-0.2, 0) is 12.4 Å². The lowest BCUT2D eigenvalue weighted by Gasteiger charge is -2.19. The van der Waals surface area contributed by atoms with Crippen LogP contribution in [0.1, 0.15) is 16.7 Å². The highest BCUT2D eigenvalue weighted by atomic mass is 19.4. The molecule has 0 bridgehead atoms. The highest BCUT2D eigenvalue weighted by Gasteiger charge is 2.41. The molecule has 0 radical (unpaired) electrons. The van der Waals surface area contributed by atoms with Gasteiger partial charge in [0.1, 0.15) is 23.1 Å². The van der Waals surface area contributed by atoms with Gasteiger partial charge in [0.25, 0.3) is 0 Å². The third-order valence-electron chi connectivity index (χ3n) is 7.66. The molecule has 0 saturated carbocycles. The Hall–Kier alpha value is -5.65. The number of aryl methyl sites for hydroxylation is 1. The van der Waals surface area contributed by atoms with Crippen molar-refractivity contribution in [2.45, 2.75) is 19.3 Å². The molecule has 5 nitrogen and oxygen atoms in total. The fourth-order valence-corrected chi connectivity index (χ4v) is 5.74. The lowest BCUT2D eigenvalue weighted by Crippen LogP contribution is -2.14. The minimum absolute atomic E-state index is 0.170. The topological polar surface area (TPSA) is 44.9 Å². The second-order valence-corrected chi connectivity index (χ2v) is 10.9. The number of pyridine rings is 1. The average Bonchev–Trinajstić information content (AvgIpc) is 3.63. The van der Waals surface area contributed by atoms with E-state index >= 15 is 0 Å². The number of alkyl halides is 6. The first-order valence-corrected chi connectivity index (χ1v) is 14.1. The van der Waals surface area contributed by atoms with Gasteiger partial charge >= 0.3 is 12.4 Å². The van der Waals surface area contributed by atoms with Gasteiger partial charge in [-0.2, -0.15) is 31.4 Å². The van der Waals surface area contributed by atoms with Gasteiger partial charge in [0.2, 0.25) is 0 Å². The minimum Gasteiger partial charge on any atom is -0.457 e. The molecular formula is C35H21F7N4O. The fourth-order valence-electron chi connectivity index (χ4n) is 5.74. The van der Waals surface area contributed by atoms with Crippen LogP contribution in [0.2, 0.25) is 0 Å². The summed E-state index contributed by atoms with van der Waals surface area (Å²) in [6, 6.07) is 23.4. The first-order valence-electron chi connectivity index (χ1n) is 14.1. The number of benzene rings is 4. The van der Waals surface area contributed by atoms with Crippen molar-refractivity contribution in [3.8, 4) is 34.1 Å². The summed E-state index contributed by atoms with van der Waals surface area (Å²) in [7, 11) is 0. The molecule has 0 saturated heterocycles. The molecule has 0 aliphatic carbocycles. The maximum Gasteiger partial charge on any atom is 0.417 e. The predicted molar refractivity (Wildman–Crippen MR) is 162 cm³/mol. The molecule has 7 rings (SSSR count). The van der Waals surface area contributed by atoms with Gasteiger partial charge in [-0.3, -0.25) is 4.57 Å². The van der Waals surface area contributed by atoms with Gasteiger partial charge in [-0.25, -0.2) is 14.1 Å². The number of para-hydroxylation sites is 1. The largest absolute Gasteiger partial charge is 0.457 e. The summed E-state index contributed by atoms with van der Waals surface area (Å²) in [5, 5.41) is 5.89. The third kappa shape index (κ3) is 5.56. The van der Waals surface area contributed by atoms with E-state index < -0.39 is 34.9 Å². The van der Waals surface area contributed by atoms with Crippen LogP contribution >= 0.6 is 0 Å². The summed E-state index contributed by atoms with van der Waals surface area (Å²) in [6.07, 6.45) is -6.60. The van der Waals surface area contributed by atoms with Crippen LogP contribution in [-0.4, -0.2) is 19.3 Å². The van der Waals surface area contributed by atoms with Crippen LogP contribution in [0.5, 0.6) is 11.5 Å². The maximum absolute atomic E-state index is 14.2. The van der Waals surface area contributed by atoms with Gasteiger partial charge in [0, 0.05) is 52.5 Å². The number of hydrogen-bond donors (Lipinski definition) is 0. The van der Waals surface area contributed by atoms with Gasteiger partial charge in [-0.15, -0.1) is 0 Å². The number of ether oxygens (including phenoxy) is 1. The van der Waals surface area contributed by atoms with Crippen LogP contribution in [0.25, 0.3) is 44.4 Å². The van der Waals surface area contributed by atoms with Gasteiger partial charge in [0.15, 0.2) is 0 Å². The molecule has 0 atom stereocenters. The zero-order chi connectivity index (χ0) is 33.1. The molecule has 0 N–H and O–H groups in total. The Bertz CT molecular complexity index is 2270. The zero-order valence-electron chi connectivity index (χ0n) is 24.2. The number of halogens is 7. The SMILES string of the molecule is Cc1cc(C(F)(F)F)c(-c2cnn(-c3cccc(Oc4ccc5c6ccccc6n(-c6cc(F)ccn6)c5c4)c3)c2)c(C(F)(F)F)c1. The Kier molecular flexibility index (Phi) is 7.03. The molecule has 7 aromatic rings.